The normalized spacial score (nSPS) is 17.4. The van der Waals surface area contributed by atoms with E-state index in [1.165, 1.54) is 0 Å². The standard InChI is InChI=1S/C16H19ClN2O3/c17-15-12(4-3-5-13(15)22-11-6-7-11)16(21)18-10-14(20)19-8-1-2-9-19/h3-5,11H,1-2,6-10H2,(H,18,21). The first kappa shape index (κ1) is 15.2. The maximum absolute atomic E-state index is 12.2. The Hall–Kier alpha value is -1.75. The Labute approximate surface area is 134 Å². The number of nitrogens with zero attached hydrogens (tertiary/aromatic N) is 1. The average Bonchev–Trinajstić information content (AvgIpc) is 3.15. The summed E-state index contributed by atoms with van der Waals surface area (Å²) in [6.45, 7) is 1.56. The molecule has 5 nitrogen and oxygen atoms in total. The van der Waals surface area contributed by atoms with Gasteiger partial charge >= 0.3 is 0 Å². The van der Waals surface area contributed by atoms with Crippen LogP contribution in [0, 0.1) is 0 Å². The molecule has 1 aliphatic heterocycles. The molecule has 1 aromatic rings. The lowest BCUT2D eigenvalue weighted by atomic mass is 10.2. The summed E-state index contributed by atoms with van der Waals surface area (Å²) in [6.07, 6.45) is 4.33. The minimum atomic E-state index is -0.348. The molecule has 1 saturated heterocycles. The fourth-order valence-corrected chi connectivity index (χ4v) is 2.73. The Morgan fingerprint density at radius 1 is 1.27 bits per heavy atom. The van der Waals surface area contributed by atoms with Crippen LogP contribution < -0.4 is 10.1 Å². The molecule has 0 radical (unpaired) electrons. The highest BCUT2D eigenvalue weighted by molar-refractivity contribution is 6.35. The van der Waals surface area contributed by atoms with Crippen LogP contribution in [0.3, 0.4) is 0 Å². The largest absolute Gasteiger partial charge is 0.489 e. The lowest BCUT2D eigenvalue weighted by Gasteiger charge is -2.16. The zero-order chi connectivity index (χ0) is 15.5. The molecule has 2 aliphatic rings. The van der Waals surface area contributed by atoms with Crippen molar-refractivity contribution in [2.75, 3.05) is 19.6 Å². The second-order valence-corrected chi connectivity index (χ2v) is 6.08. The van der Waals surface area contributed by atoms with Crippen LogP contribution in [0.5, 0.6) is 5.75 Å². The molecular weight excluding hydrogens is 304 g/mol. The minimum absolute atomic E-state index is 0.00285. The lowest BCUT2D eigenvalue weighted by Crippen LogP contribution is -2.38. The van der Waals surface area contributed by atoms with Crippen molar-refractivity contribution < 1.29 is 14.3 Å². The molecule has 1 N–H and O–H groups in total. The highest BCUT2D eigenvalue weighted by atomic mass is 35.5. The van der Waals surface area contributed by atoms with Crippen molar-refractivity contribution in [3.63, 3.8) is 0 Å². The first-order valence-electron chi connectivity index (χ1n) is 7.66. The molecule has 6 heteroatoms. The highest BCUT2D eigenvalue weighted by Crippen LogP contribution is 2.33. The van der Waals surface area contributed by atoms with Gasteiger partial charge in [0.15, 0.2) is 0 Å². The molecule has 0 aromatic heterocycles. The molecule has 3 rings (SSSR count). The van der Waals surface area contributed by atoms with Crippen molar-refractivity contribution in [1.29, 1.82) is 0 Å². The third kappa shape index (κ3) is 3.53. The Bertz CT molecular complexity index is 581. The maximum atomic E-state index is 12.2. The van der Waals surface area contributed by atoms with Crippen LogP contribution >= 0.6 is 11.6 Å². The molecule has 0 spiro atoms. The summed E-state index contributed by atoms with van der Waals surface area (Å²) in [5.41, 5.74) is 0.342. The molecule has 1 heterocycles. The zero-order valence-electron chi connectivity index (χ0n) is 12.3. The Balaban J connectivity index is 1.60. The monoisotopic (exact) mass is 322 g/mol. The molecule has 2 fully saturated rings. The molecule has 0 atom stereocenters. The van der Waals surface area contributed by atoms with Gasteiger partial charge in [-0.25, -0.2) is 0 Å². The molecule has 0 bridgehead atoms. The summed E-state index contributed by atoms with van der Waals surface area (Å²) in [4.78, 5) is 25.9. The van der Waals surface area contributed by atoms with E-state index in [0.717, 1.165) is 38.8 Å². The third-order valence-corrected chi connectivity index (χ3v) is 4.27. The first-order chi connectivity index (χ1) is 10.6. The van der Waals surface area contributed by atoms with Crippen molar-refractivity contribution in [2.45, 2.75) is 31.8 Å². The van der Waals surface area contributed by atoms with E-state index in [1.807, 2.05) is 0 Å². The molecule has 2 amide bonds. The summed E-state index contributed by atoms with van der Waals surface area (Å²) in [7, 11) is 0. The van der Waals surface area contributed by atoms with E-state index in [2.05, 4.69) is 5.32 Å². The number of carbonyl (C=O) groups is 2. The van der Waals surface area contributed by atoms with Crippen molar-refractivity contribution in [3.8, 4) is 5.75 Å². The van der Waals surface area contributed by atoms with E-state index in [1.54, 1.807) is 23.1 Å². The predicted molar refractivity (Wildman–Crippen MR) is 83.2 cm³/mol. The second-order valence-electron chi connectivity index (χ2n) is 5.71. The van der Waals surface area contributed by atoms with Gasteiger partial charge in [0.05, 0.1) is 23.2 Å². The topological polar surface area (TPSA) is 58.6 Å². The summed E-state index contributed by atoms with van der Waals surface area (Å²) in [5, 5.41) is 2.95. The molecule has 1 aliphatic carbocycles. The van der Waals surface area contributed by atoms with Crippen molar-refractivity contribution in [3.05, 3.63) is 28.8 Å². The van der Waals surface area contributed by atoms with Gasteiger partial charge in [-0.2, -0.15) is 0 Å². The van der Waals surface area contributed by atoms with Crippen LogP contribution in [0.1, 0.15) is 36.0 Å². The summed E-state index contributed by atoms with van der Waals surface area (Å²) in [5.74, 6) is 0.133. The van der Waals surface area contributed by atoms with Crippen LogP contribution in [0.15, 0.2) is 18.2 Å². The van der Waals surface area contributed by atoms with Gasteiger partial charge in [-0.05, 0) is 37.8 Å². The van der Waals surface area contributed by atoms with Gasteiger partial charge in [-0.3, -0.25) is 9.59 Å². The van der Waals surface area contributed by atoms with Gasteiger partial charge in [0.25, 0.3) is 5.91 Å². The molecular formula is C16H19ClN2O3. The van der Waals surface area contributed by atoms with Crippen molar-refractivity contribution >= 4 is 23.4 Å². The van der Waals surface area contributed by atoms with Gasteiger partial charge in [0.1, 0.15) is 5.75 Å². The Morgan fingerprint density at radius 3 is 2.68 bits per heavy atom. The number of amides is 2. The second kappa shape index (κ2) is 6.57. The minimum Gasteiger partial charge on any atom is -0.489 e. The number of benzene rings is 1. The average molecular weight is 323 g/mol. The molecule has 22 heavy (non-hydrogen) atoms. The maximum Gasteiger partial charge on any atom is 0.253 e. The Morgan fingerprint density at radius 2 is 2.00 bits per heavy atom. The van der Waals surface area contributed by atoms with E-state index >= 15 is 0 Å². The number of ether oxygens (including phenoxy) is 1. The summed E-state index contributed by atoms with van der Waals surface area (Å²) >= 11 is 6.24. The van der Waals surface area contributed by atoms with E-state index in [4.69, 9.17) is 16.3 Å². The number of hydrogen-bond donors (Lipinski definition) is 1. The van der Waals surface area contributed by atoms with Crippen LogP contribution in [0.4, 0.5) is 0 Å². The van der Waals surface area contributed by atoms with E-state index in [-0.39, 0.29) is 24.5 Å². The number of nitrogens with one attached hydrogen (secondary N) is 1. The third-order valence-electron chi connectivity index (χ3n) is 3.88. The Kier molecular flexibility index (Phi) is 4.52. The van der Waals surface area contributed by atoms with E-state index in [9.17, 15) is 9.59 Å². The van der Waals surface area contributed by atoms with Crippen LogP contribution in [0.2, 0.25) is 5.02 Å². The van der Waals surface area contributed by atoms with Crippen molar-refractivity contribution in [2.24, 2.45) is 0 Å². The molecule has 0 unspecified atom stereocenters. The fourth-order valence-electron chi connectivity index (χ4n) is 2.47. The lowest BCUT2D eigenvalue weighted by molar-refractivity contribution is -0.129. The van der Waals surface area contributed by atoms with Gasteiger partial charge in [0, 0.05) is 13.1 Å². The fraction of sp³-hybridized carbons (Fsp3) is 0.500. The van der Waals surface area contributed by atoms with Crippen LogP contribution in [-0.4, -0.2) is 42.5 Å². The summed E-state index contributed by atoms with van der Waals surface area (Å²) in [6, 6.07) is 5.13. The summed E-state index contributed by atoms with van der Waals surface area (Å²) < 4.78 is 5.67. The number of carbonyl (C=O) groups excluding carboxylic acids is 2. The molecule has 1 aromatic carbocycles. The van der Waals surface area contributed by atoms with Crippen LogP contribution in [0.25, 0.3) is 0 Å². The smallest absolute Gasteiger partial charge is 0.253 e. The number of halogens is 1. The number of hydrogen-bond acceptors (Lipinski definition) is 3. The predicted octanol–water partition coefficient (Wildman–Crippen LogP) is 2.23. The first-order valence-corrected chi connectivity index (χ1v) is 8.04. The SMILES string of the molecule is O=C(NCC(=O)N1CCCC1)c1cccc(OC2CC2)c1Cl. The highest BCUT2D eigenvalue weighted by Gasteiger charge is 2.26. The van der Waals surface area contributed by atoms with E-state index in [0.29, 0.717) is 16.3 Å². The van der Waals surface area contributed by atoms with Crippen molar-refractivity contribution in [1.82, 2.24) is 10.2 Å². The van der Waals surface area contributed by atoms with Gasteiger partial charge in [-0.1, -0.05) is 17.7 Å². The van der Waals surface area contributed by atoms with E-state index < -0.39 is 0 Å². The number of likely N-dealkylation sites (tertiary alicyclic amines) is 1. The molecule has 1 saturated carbocycles. The van der Waals surface area contributed by atoms with Crippen LogP contribution in [-0.2, 0) is 4.79 Å². The van der Waals surface area contributed by atoms with Gasteiger partial charge in [-0.15, -0.1) is 0 Å². The van der Waals surface area contributed by atoms with Gasteiger partial charge < -0.3 is 15.0 Å². The quantitative estimate of drug-likeness (QED) is 0.904. The zero-order valence-corrected chi connectivity index (χ0v) is 13.1. The molecule has 118 valence electrons. The number of rotatable bonds is 5. The van der Waals surface area contributed by atoms with Gasteiger partial charge in [0.2, 0.25) is 5.91 Å².